The SMILES string of the molecule is Cc1cccc(CCC(O)Cc2ccn(C)n2)c1. The minimum Gasteiger partial charge on any atom is -0.393 e. The second-order valence-electron chi connectivity index (χ2n) is 4.87. The van der Waals surface area contributed by atoms with E-state index < -0.39 is 0 Å². The van der Waals surface area contributed by atoms with Crippen molar-refractivity contribution in [1.82, 2.24) is 9.78 Å². The number of benzene rings is 1. The van der Waals surface area contributed by atoms with Crippen LogP contribution in [-0.2, 0) is 19.9 Å². The van der Waals surface area contributed by atoms with E-state index in [-0.39, 0.29) is 6.10 Å². The van der Waals surface area contributed by atoms with Crippen LogP contribution in [0.25, 0.3) is 0 Å². The molecule has 1 N–H and O–H groups in total. The van der Waals surface area contributed by atoms with Crippen LogP contribution in [0.1, 0.15) is 23.2 Å². The number of rotatable bonds is 5. The van der Waals surface area contributed by atoms with E-state index in [1.54, 1.807) is 4.68 Å². The van der Waals surface area contributed by atoms with Gasteiger partial charge in [-0.3, -0.25) is 4.68 Å². The number of aryl methyl sites for hydroxylation is 3. The summed E-state index contributed by atoms with van der Waals surface area (Å²) in [6.07, 6.45) is 3.91. The van der Waals surface area contributed by atoms with Crippen molar-refractivity contribution >= 4 is 0 Å². The van der Waals surface area contributed by atoms with Gasteiger partial charge >= 0.3 is 0 Å². The summed E-state index contributed by atoms with van der Waals surface area (Å²) in [6, 6.07) is 10.4. The highest BCUT2D eigenvalue weighted by molar-refractivity contribution is 5.22. The first-order chi connectivity index (χ1) is 8.63. The van der Waals surface area contributed by atoms with Crippen LogP contribution >= 0.6 is 0 Å². The van der Waals surface area contributed by atoms with Crippen LogP contribution in [-0.4, -0.2) is 21.0 Å². The molecular formula is C15H20N2O. The molecule has 2 aromatic rings. The van der Waals surface area contributed by atoms with Gasteiger partial charge in [-0.2, -0.15) is 5.10 Å². The van der Waals surface area contributed by atoms with E-state index >= 15 is 0 Å². The van der Waals surface area contributed by atoms with Crippen LogP contribution in [0.3, 0.4) is 0 Å². The molecule has 0 saturated heterocycles. The maximum atomic E-state index is 9.99. The summed E-state index contributed by atoms with van der Waals surface area (Å²) in [5.41, 5.74) is 3.51. The second kappa shape index (κ2) is 5.83. The highest BCUT2D eigenvalue weighted by Gasteiger charge is 2.08. The Morgan fingerprint density at radius 2 is 2.17 bits per heavy atom. The summed E-state index contributed by atoms with van der Waals surface area (Å²) < 4.78 is 1.77. The van der Waals surface area contributed by atoms with Gasteiger partial charge in [0.2, 0.25) is 0 Å². The maximum Gasteiger partial charge on any atom is 0.0650 e. The first-order valence-electron chi connectivity index (χ1n) is 6.35. The summed E-state index contributed by atoms with van der Waals surface area (Å²) in [6.45, 7) is 2.09. The van der Waals surface area contributed by atoms with Gasteiger partial charge in [0.15, 0.2) is 0 Å². The number of aliphatic hydroxyl groups is 1. The number of aliphatic hydroxyl groups excluding tert-OH is 1. The Labute approximate surface area is 108 Å². The summed E-state index contributed by atoms with van der Waals surface area (Å²) in [5.74, 6) is 0. The Hall–Kier alpha value is -1.61. The Kier molecular flexibility index (Phi) is 4.15. The topological polar surface area (TPSA) is 38.0 Å². The van der Waals surface area contributed by atoms with E-state index in [9.17, 15) is 5.11 Å². The van der Waals surface area contributed by atoms with E-state index in [0.717, 1.165) is 18.5 Å². The molecule has 3 nitrogen and oxygen atoms in total. The molecule has 0 aliphatic rings. The third kappa shape index (κ3) is 3.70. The van der Waals surface area contributed by atoms with Gasteiger partial charge in [0.05, 0.1) is 11.8 Å². The smallest absolute Gasteiger partial charge is 0.0650 e. The molecule has 0 amide bonds. The van der Waals surface area contributed by atoms with E-state index in [1.807, 2.05) is 19.3 Å². The molecule has 0 aliphatic carbocycles. The molecule has 0 saturated carbocycles. The number of aromatic nitrogens is 2. The molecular weight excluding hydrogens is 224 g/mol. The molecule has 0 bridgehead atoms. The third-order valence-electron chi connectivity index (χ3n) is 3.06. The van der Waals surface area contributed by atoms with Crippen molar-refractivity contribution in [2.75, 3.05) is 0 Å². The zero-order valence-corrected chi connectivity index (χ0v) is 11.0. The molecule has 0 fully saturated rings. The van der Waals surface area contributed by atoms with Crippen molar-refractivity contribution in [1.29, 1.82) is 0 Å². The highest BCUT2D eigenvalue weighted by atomic mass is 16.3. The molecule has 1 unspecified atom stereocenters. The fraction of sp³-hybridized carbons (Fsp3) is 0.400. The fourth-order valence-corrected chi connectivity index (χ4v) is 2.12. The van der Waals surface area contributed by atoms with Crippen LogP contribution in [0, 0.1) is 6.92 Å². The predicted molar refractivity (Wildman–Crippen MR) is 72.4 cm³/mol. The quantitative estimate of drug-likeness (QED) is 0.876. The Bertz CT molecular complexity index is 505. The van der Waals surface area contributed by atoms with Crippen LogP contribution < -0.4 is 0 Å². The number of hydrogen-bond acceptors (Lipinski definition) is 2. The molecule has 1 aromatic heterocycles. The van der Waals surface area contributed by atoms with Gasteiger partial charge in [-0.1, -0.05) is 29.8 Å². The molecule has 0 radical (unpaired) electrons. The molecule has 3 heteroatoms. The van der Waals surface area contributed by atoms with E-state index in [2.05, 4.69) is 36.3 Å². The van der Waals surface area contributed by atoms with Gasteiger partial charge in [-0.25, -0.2) is 0 Å². The average molecular weight is 244 g/mol. The lowest BCUT2D eigenvalue weighted by atomic mass is 10.0. The van der Waals surface area contributed by atoms with Gasteiger partial charge in [-0.05, 0) is 31.4 Å². The number of hydrogen-bond donors (Lipinski definition) is 1. The van der Waals surface area contributed by atoms with Crippen molar-refractivity contribution in [2.45, 2.75) is 32.3 Å². The third-order valence-corrected chi connectivity index (χ3v) is 3.06. The number of nitrogens with zero attached hydrogens (tertiary/aromatic N) is 2. The first-order valence-corrected chi connectivity index (χ1v) is 6.35. The van der Waals surface area contributed by atoms with Gasteiger partial charge in [0.25, 0.3) is 0 Å². The van der Waals surface area contributed by atoms with E-state index in [1.165, 1.54) is 11.1 Å². The summed E-state index contributed by atoms with van der Waals surface area (Å²) in [5, 5.41) is 14.3. The molecule has 1 atom stereocenters. The second-order valence-corrected chi connectivity index (χ2v) is 4.87. The maximum absolute atomic E-state index is 9.99. The van der Waals surface area contributed by atoms with Crippen molar-refractivity contribution in [3.63, 3.8) is 0 Å². The van der Waals surface area contributed by atoms with Gasteiger partial charge < -0.3 is 5.11 Å². The molecule has 96 valence electrons. The lowest BCUT2D eigenvalue weighted by molar-refractivity contribution is 0.164. The minimum atomic E-state index is -0.319. The van der Waals surface area contributed by atoms with Crippen LogP contribution in [0.2, 0.25) is 0 Å². The van der Waals surface area contributed by atoms with Gasteiger partial charge in [-0.15, -0.1) is 0 Å². The van der Waals surface area contributed by atoms with E-state index in [4.69, 9.17) is 0 Å². The standard InChI is InChI=1S/C15H20N2O/c1-12-4-3-5-13(10-12)6-7-15(18)11-14-8-9-17(2)16-14/h3-5,8-10,15,18H,6-7,11H2,1-2H3. The molecule has 0 aliphatic heterocycles. The predicted octanol–water partition coefficient (Wildman–Crippen LogP) is 2.26. The summed E-state index contributed by atoms with van der Waals surface area (Å²) in [4.78, 5) is 0. The van der Waals surface area contributed by atoms with Crippen LogP contribution in [0.15, 0.2) is 36.5 Å². The fourth-order valence-electron chi connectivity index (χ4n) is 2.12. The zero-order valence-electron chi connectivity index (χ0n) is 11.0. The minimum absolute atomic E-state index is 0.319. The first kappa shape index (κ1) is 12.8. The Morgan fingerprint density at radius 3 is 2.83 bits per heavy atom. The van der Waals surface area contributed by atoms with Gasteiger partial charge in [0, 0.05) is 19.7 Å². The van der Waals surface area contributed by atoms with Crippen molar-refractivity contribution in [3.05, 3.63) is 53.3 Å². The van der Waals surface area contributed by atoms with Crippen molar-refractivity contribution in [3.8, 4) is 0 Å². The molecule has 18 heavy (non-hydrogen) atoms. The highest BCUT2D eigenvalue weighted by Crippen LogP contribution is 2.10. The molecule has 1 aromatic carbocycles. The molecule has 0 spiro atoms. The monoisotopic (exact) mass is 244 g/mol. The summed E-state index contributed by atoms with van der Waals surface area (Å²) >= 11 is 0. The van der Waals surface area contributed by atoms with Crippen molar-refractivity contribution < 1.29 is 5.11 Å². The van der Waals surface area contributed by atoms with E-state index in [0.29, 0.717) is 6.42 Å². The zero-order chi connectivity index (χ0) is 13.0. The normalized spacial score (nSPS) is 12.6. The average Bonchev–Trinajstić information content (AvgIpc) is 2.72. The Balaban J connectivity index is 1.83. The van der Waals surface area contributed by atoms with Gasteiger partial charge in [0.1, 0.15) is 0 Å². The lowest BCUT2D eigenvalue weighted by Crippen LogP contribution is -2.12. The Morgan fingerprint density at radius 1 is 1.33 bits per heavy atom. The lowest BCUT2D eigenvalue weighted by Gasteiger charge is -2.09. The largest absolute Gasteiger partial charge is 0.393 e. The molecule has 1 heterocycles. The summed E-state index contributed by atoms with van der Waals surface area (Å²) in [7, 11) is 1.89. The van der Waals surface area contributed by atoms with Crippen molar-refractivity contribution in [2.24, 2.45) is 7.05 Å². The molecule has 2 rings (SSSR count). The van der Waals surface area contributed by atoms with Crippen LogP contribution in [0.5, 0.6) is 0 Å². The van der Waals surface area contributed by atoms with Crippen LogP contribution in [0.4, 0.5) is 0 Å².